The third-order valence-electron chi connectivity index (χ3n) is 2.02. The molecule has 1 aromatic rings. The number of amides is 1. The second-order valence-corrected chi connectivity index (χ2v) is 3.33. The Morgan fingerprint density at radius 1 is 1.69 bits per heavy atom. The zero-order chi connectivity index (χ0) is 12.0. The topological polar surface area (TPSA) is 51.2 Å². The average Bonchev–Trinajstić information content (AvgIpc) is 2.27. The predicted molar refractivity (Wildman–Crippen MR) is 57.6 cm³/mol. The van der Waals surface area contributed by atoms with E-state index >= 15 is 0 Å². The van der Waals surface area contributed by atoms with Crippen molar-refractivity contribution in [3.05, 3.63) is 29.8 Å². The molecule has 88 valence electrons. The monoisotopic (exact) mass is 226 g/mol. The van der Waals surface area contributed by atoms with Crippen LogP contribution in [0.1, 0.15) is 24.2 Å². The maximum Gasteiger partial charge on any atom is 0.254 e. The van der Waals surface area contributed by atoms with Gasteiger partial charge in [-0.25, -0.2) is 4.39 Å². The first-order valence-electron chi connectivity index (χ1n) is 5.14. The zero-order valence-electron chi connectivity index (χ0n) is 9.37. The molecule has 0 bridgehead atoms. The lowest BCUT2D eigenvalue weighted by Crippen LogP contribution is -2.32. The minimum absolute atomic E-state index is 0.00121. The SMILES string of the molecule is CCOC(C)CNC(=O)c1ccncc1F. The van der Waals surface area contributed by atoms with Crippen molar-refractivity contribution in [3.63, 3.8) is 0 Å². The Balaban J connectivity index is 2.50. The number of hydrogen-bond acceptors (Lipinski definition) is 3. The molecule has 0 spiro atoms. The molecule has 1 aromatic heterocycles. The van der Waals surface area contributed by atoms with Crippen LogP contribution in [0.4, 0.5) is 4.39 Å². The van der Waals surface area contributed by atoms with Crippen molar-refractivity contribution in [2.24, 2.45) is 0 Å². The number of hydrogen-bond donors (Lipinski definition) is 1. The molecule has 16 heavy (non-hydrogen) atoms. The van der Waals surface area contributed by atoms with Crippen LogP contribution in [0.2, 0.25) is 0 Å². The summed E-state index contributed by atoms with van der Waals surface area (Å²) in [6.45, 7) is 4.66. The van der Waals surface area contributed by atoms with Gasteiger partial charge in [0.05, 0.1) is 17.9 Å². The molecule has 0 aliphatic carbocycles. The summed E-state index contributed by atoms with van der Waals surface area (Å²) in [5, 5.41) is 2.59. The lowest BCUT2D eigenvalue weighted by Gasteiger charge is -2.12. The first kappa shape index (κ1) is 12.6. The molecule has 1 heterocycles. The number of rotatable bonds is 5. The van der Waals surface area contributed by atoms with Crippen molar-refractivity contribution >= 4 is 5.91 Å². The van der Waals surface area contributed by atoms with Crippen molar-refractivity contribution in [1.82, 2.24) is 10.3 Å². The van der Waals surface area contributed by atoms with Gasteiger partial charge in [-0.3, -0.25) is 9.78 Å². The summed E-state index contributed by atoms with van der Waals surface area (Å²) < 4.78 is 18.4. The molecular formula is C11H15FN2O2. The first-order valence-corrected chi connectivity index (χ1v) is 5.14. The summed E-state index contributed by atoms with van der Waals surface area (Å²) in [6.07, 6.45) is 2.31. The first-order chi connectivity index (χ1) is 7.65. The number of aromatic nitrogens is 1. The van der Waals surface area contributed by atoms with Crippen LogP contribution in [0.5, 0.6) is 0 Å². The molecule has 1 atom stereocenters. The third-order valence-corrected chi connectivity index (χ3v) is 2.02. The fourth-order valence-electron chi connectivity index (χ4n) is 1.23. The van der Waals surface area contributed by atoms with Crippen molar-refractivity contribution in [3.8, 4) is 0 Å². The molecule has 0 aliphatic heterocycles. The smallest absolute Gasteiger partial charge is 0.254 e. The van der Waals surface area contributed by atoms with Crippen molar-refractivity contribution in [2.45, 2.75) is 20.0 Å². The van der Waals surface area contributed by atoms with Crippen LogP contribution in [-0.4, -0.2) is 30.1 Å². The molecule has 1 amide bonds. The molecule has 5 heteroatoms. The van der Waals surface area contributed by atoms with Gasteiger partial charge < -0.3 is 10.1 Å². The van der Waals surface area contributed by atoms with Gasteiger partial charge in [0.15, 0.2) is 5.82 Å². The Labute approximate surface area is 93.8 Å². The summed E-state index contributed by atoms with van der Waals surface area (Å²) >= 11 is 0. The second-order valence-electron chi connectivity index (χ2n) is 3.33. The van der Waals surface area contributed by atoms with Crippen LogP contribution in [0.3, 0.4) is 0 Å². The van der Waals surface area contributed by atoms with Crippen LogP contribution in [0, 0.1) is 5.82 Å². The Bertz CT molecular complexity index is 358. The predicted octanol–water partition coefficient (Wildman–Crippen LogP) is 1.38. The molecule has 1 unspecified atom stereocenters. The minimum Gasteiger partial charge on any atom is -0.377 e. The van der Waals surface area contributed by atoms with Gasteiger partial charge >= 0.3 is 0 Å². The molecule has 4 nitrogen and oxygen atoms in total. The highest BCUT2D eigenvalue weighted by Gasteiger charge is 2.11. The Morgan fingerprint density at radius 2 is 2.44 bits per heavy atom. The van der Waals surface area contributed by atoms with E-state index in [-0.39, 0.29) is 11.7 Å². The van der Waals surface area contributed by atoms with Gasteiger partial charge in [0.25, 0.3) is 5.91 Å². The lowest BCUT2D eigenvalue weighted by atomic mass is 10.2. The van der Waals surface area contributed by atoms with Gasteiger partial charge in [-0.05, 0) is 19.9 Å². The third kappa shape index (κ3) is 3.58. The zero-order valence-corrected chi connectivity index (χ0v) is 9.37. The Hall–Kier alpha value is -1.49. The largest absolute Gasteiger partial charge is 0.377 e. The van der Waals surface area contributed by atoms with Gasteiger partial charge in [-0.1, -0.05) is 0 Å². The standard InChI is InChI=1S/C11H15FN2O2/c1-3-16-8(2)6-14-11(15)9-4-5-13-7-10(9)12/h4-5,7-8H,3,6H2,1-2H3,(H,14,15). The van der Waals surface area contributed by atoms with E-state index in [0.29, 0.717) is 13.2 Å². The number of pyridine rings is 1. The van der Waals surface area contributed by atoms with E-state index in [1.807, 2.05) is 13.8 Å². The molecule has 0 saturated heterocycles. The fourth-order valence-corrected chi connectivity index (χ4v) is 1.23. The number of carbonyl (C=O) groups excluding carboxylic acids is 1. The van der Waals surface area contributed by atoms with Crippen LogP contribution < -0.4 is 5.32 Å². The van der Waals surface area contributed by atoms with E-state index in [2.05, 4.69) is 10.3 Å². The average molecular weight is 226 g/mol. The van der Waals surface area contributed by atoms with E-state index in [0.717, 1.165) is 6.20 Å². The molecule has 0 aromatic carbocycles. The quantitative estimate of drug-likeness (QED) is 0.825. The van der Waals surface area contributed by atoms with Crippen LogP contribution in [0.15, 0.2) is 18.5 Å². The van der Waals surface area contributed by atoms with E-state index in [1.165, 1.54) is 12.3 Å². The maximum atomic E-state index is 13.2. The van der Waals surface area contributed by atoms with E-state index in [9.17, 15) is 9.18 Å². The van der Waals surface area contributed by atoms with Gasteiger partial charge in [-0.2, -0.15) is 0 Å². The summed E-state index contributed by atoms with van der Waals surface area (Å²) in [6, 6.07) is 1.34. The van der Waals surface area contributed by atoms with Crippen LogP contribution >= 0.6 is 0 Å². The number of carbonyl (C=O) groups is 1. The Morgan fingerprint density at radius 3 is 3.06 bits per heavy atom. The van der Waals surface area contributed by atoms with Gasteiger partial charge in [-0.15, -0.1) is 0 Å². The van der Waals surface area contributed by atoms with Crippen molar-refractivity contribution in [2.75, 3.05) is 13.2 Å². The van der Waals surface area contributed by atoms with Crippen LogP contribution in [-0.2, 0) is 4.74 Å². The highest BCUT2D eigenvalue weighted by atomic mass is 19.1. The molecule has 0 fully saturated rings. The second kappa shape index (κ2) is 6.17. The lowest BCUT2D eigenvalue weighted by molar-refractivity contribution is 0.0693. The highest BCUT2D eigenvalue weighted by molar-refractivity contribution is 5.94. The molecule has 1 N–H and O–H groups in total. The number of halogens is 1. The molecule has 1 rings (SSSR count). The van der Waals surface area contributed by atoms with E-state index < -0.39 is 11.7 Å². The molecular weight excluding hydrogens is 211 g/mol. The summed E-state index contributed by atoms with van der Waals surface area (Å²) in [5.74, 6) is -1.07. The fraction of sp³-hybridized carbons (Fsp3) is 0.455. The molecule has 0 aliphatic rings. The van der Waals surface area contributed by atoms with Crippen LogP contribution in [0.25, 0.3) is 0 Å². The van der Waals surface area contributed by atoms with Crippen molar-refractivity contribution in [1.29, 1.82) is 0 Å². The summed E-state index contributed by atoms with van der Waals surface area (Å²) in [4.78, 5) is 15.1. The van der Waals surface area contributed by atoms with E-state index in [4.69, 9.17) is 4.74 Å². The highest BCUT2D eigenvalue weighted by Crippen LogP contribution is 2.03. The normalized spacial score (nSPS) is 12.2. The van der Waals surface area contributed by atoms with Gasteiger partial charge in [0.2, 0.25) is 0 Å². The number of nitrogens with zero attached hydrogens (tertiary/aromatic N) is 1. The van der Waals surface area contributed by atoms with Gasteiger partial charge in [0.1, 0.15) is 0 Å². The van der Waals surface area contributed by atoms with Gasteiger partial charge in [0, 0.05) is 19.3 Å². The Kier molecular flexibility index (Phi) is 4.85. The number of nitrogens with one attached hydrogen (secondary N) is 1. The minimum atomic E-state index is -0.621. The van der Waals surface area contributed by atoms with Crippen molar-refractivity contribution < 1.29 is 13.9 Å². The molecule has 0 saturated carbocycles. The summed E-state index contributed by atoms with van der Waals surface area (Å²) in [5.41, 5.74) is -0.00121. The maximum absolute atomic E-state index is 13.2. The van der Waals surface area contributed by atoms with E-state index in [1.54, 1.807) is 0 Å². The summed E-state index contributed by atoms with van der Waals surface area (Å²) in [7, 11) is 0. The molecule has 0 radical (unpaired) electrons. The number of ether oxygens (including phenoxy) is 1.